The lowest BCUT2D eigenvalue weighted by Gasteiger charge is -2.35. The Hall–Kier alpha value is -4.10. The van der Waals surface area contributed by atoms with E-state index >= 15 is 0 Å². The number of rotatable bonds is 8. The molecule has 0 aliphatic carbocycles. The van der Waals surface area contributed by atoms with Crippen molar-refractivity contribution in [2.45, 2.75) is 51.8 Å². The summed E-state index contributed by atoms with van der Waals surface area (Å²) in [6.45, 7) is 7.33. The number of hydrogen-bond donors (Lipinski definition) is 1. The molecule has 1 amide bonds. The van der Waals surface area contributed by atoms with Crippen molar-refractivity contribution in [3.05, 3.63) is 52.2 Å². The number of carbonyl (C=O) groups excluding carboxylic acids is 1. The molecule has 1 aliphatic rings. The first-order chi connectivity index (χ1) is 22.1. The quantitative estimate of drug-likeness (QED) is 0.162. The van der Waals surface area contributed by atoms with Crippen LogP contribution in [-0.2, 0) is 11.3 Å². The highest BCUT2D eigenvalue weighted by molar-refractivity contribution is 9.10. The van der Waals surface area contributed by atoms with Gasteiger partial charge < -0.3 is 33.7 Å². The van der Waals surface area contributed by atoms with Gasteiger partial charge in [-0.15, -0.1) is 11.3 Å². The van der Waals surface area contributed by atoms with Crippen molar-refractivity contribution < 1.29 is 23.7 Å². The van der Waals surface area contributed by atoms with Crippen molar-refractivity contribution in [1.29, 1.82) is 0 Å². The van der Waals surface area contributed by atoms with Crippen molar-refractivity contribution >= 4 is 60.4 Å². The molecule has 1 N–H and O–H groups in total. The smallest absolute Gasteiger partial charge is 0.410 e. The van der Waals surface area contributed by atoms with E-state index in [1.54, 1.807) is 32.7 Å². The topological polar surface area (TPSA) is 113 Å². The molecule has 1 saturated heterocycles. The molecule has 1 unspecified atom stereocenters. The number of halogens is 1. The fraction of sp³-hybridized carbons (Fsp3) is 0.394. The van der Waals surface area contributed by atoms with Gasteiger partial charge in [0, 0.05) is 36.8 Å². The molecule has 242 valence electrons. The van der Waals surface area contributed by atoms with E-state index in [4.69, 9.17) is 28.9 Å². The van der Waals surface area contributed by atoms with Gasteiger partial charge in [-0.05, 0) is 84.8 Å². The maximum absolute atomic E-state index is 13.0. The number of hydrogen-bond acceptors (Lipinski definition) is 10. The van der Waals surface area contributed by atoms with Gasteiger partial charge in [0.1, 0.15) is 10.2 Å². The van der Waals surface area contributed by atoms with E-state index in [9.17, 15) is 4.79 Å². The summed E-state index contributed by atoms with van der Waals surface area (Å²) >= 11 is 5.19. The zero-order valence-electron chi connectivity index (χ0n) is 26.7. The average molecular weight is 710 g/mol. The van der Waals surface area contributed by atoms with Crippen molar-refractivity contribution in [3.63, 3.8) is 0 Å². The number of methoxy groups -OCH3 is 3. The Morgan fingerprint density at radius 1 is 1.11 bits per heavy atom. The summed E-state index contributed by atoms with van der Waals surface area (Å²) in [7, 11) is 4.78. The van der Waals surface area contributed by atoms with Gasteiger partial charge in [0.2, 0.25) is 11.7 Å². The van der Waals surface area contributed by atoms with Gasteiger partial charge in [-0.1, -0.05) is 0 Å². The molecule has 1 aliphatic heterocycles. The summed E-state index contributed by atoms with van der Waals surface area (Å²) in [4.78, 5) is 29.2. The Balaban J connectivity index is 1.37. The SMILES string of the molecule is COc1cc(CNc2nc(-c3cn(C4CCCN(C(=O)OC(C)(C)C)C4)c4cnc(Br)cc34)c3sccc3n2)cc(OC)c1OC. The minimum atomic E-state index is -0.552. The van der Waals surface area contributed by atoms with E-state index in [1.165, 1.54) is 0 Å². The number of anilines is 1. The molecule has 11 nitrogen and oxygen atoms in total. The van der Waals surface area contributed by atoms with Crippen LogP contribution in [0.1, 0.15) is 45.2 Å². The molecule has 0 saturated carbocycles. The third-order valence-corrected chi connectivity index (χ3v) is 9.21. The first kappa shape index (κ1) is 31.9. The van der Waals surface area contributed by atoms with Gasteiger partial charge >= 0.3 is 6.09 Å². The van der Waals surface area contributed by atoms with E-state index in [-0.39, 0.29) is 12.1 Å². The first-order valence-corrected chi connectivity index (χ1v) is 16.7. The van der Waals surface area contributed by atoms with E-state index in [1.807, 2.05) is 61.5 Å². The number of ether oxygens (including phenoxy) is 4. The van der Waals surface area contributed by atoms with Crippen molar-refractivity contribution in [2.24, 2.45) is 0 Å². The second kappa shape index (κ2) is 13.0. The lowest BCUT2D eigenvalue weighted by atomic mass is 10.1. The highest BCUT2D eigenvalue weighted by Crippen LogP contribution is 2.40. The van der Waals surface area contributed by atoms with Crippen LogP contribution in [0.2, 0.25) is 0 Å². The fourth-order valence-corrected chi connectivity index (χ4v) is 7.00. The summed E-state index contributed by atoms with van der Waals surface area (Å²) in [5.74, 6) is 2.19. The van der Waals surface area contributed by atoms with Gasteiger partial charge in [0.05, 0.1) is 55.0 Å². The van der Waals surface area contributed by atoms with E-state index in [0.717, 1.165) is 55.4 Å². The molecule has 1 aromatic carbocycles. The third kappa shape index (κ3) is 6.43. The van der Waals surface area contributed by atoms with Crippen LogP contribution in [0, 0.1) is 0 Å². The van der Waals surface area contributed by atoms with Crippen molar-refractivity contribution in [3.8, 4) is 28.5 Å². The Morgan fingerprint density at radius 3 is 2.57 bits per heavy atom. The Bertz CT molecular complexity index is 1880. The number of likely N-dealkylation sites (tertiary alicyclic amines) is 1. The number of carbonyl (C=O) groups is 1. The molecule has 0 bridgehead atoms. The fourth-order valence-electron chi connectivity index (χ4n) is 5.83. The van der Waals surface area contributed by atoms with Gasteiger partial charge in [-0.3, -0.25) is 0 Å². The number of aromatic nitrogens is 4. The van der Waals surface area contributed by atoms with Crippen molar-refractivity contribution in [1.82, 2.24) is 24.4 Å². The van der Waals surface area contributed by atoms with Gasteiger partial charge in [0.15, 0.2) is 11.5 Å². The summed E-state index contributed by atoms with van der Waals surface area (Å²) in [6.07, 6.45) is 5.55. The standard InChI is InChI=1S/C33H37BrN6O5S/c1-33(2,3)45-32(41)39-10-7-8-20(17-39)40-18-22(21-14-27(34)35-16-24(21)40)28-30-23(9-11-46-30)37-31(38-28)36-15-19-12-25(42-4)29(44-6)26(13-19)43-5/h9,11-14,16,18,20H,7-8,10,15,17H2,1-6H3,(H,36,37,38). The second-order valence-electron chi connectivity index (χ2n) is 12.1. The lowest BCUT2D eigenvalue weighted by Crippen LogP contribution is -2.43. The van der Waals surface area contributed by atoms with E-state index in [2.05, 4.69) is 37.0 Å². The number of nitrogens with one attached hydrogen (secondary N) is 1. The molecule has 5 aromatic rings. The van der Waals surface area contributed by atoms with Crippen LogP contribution in [0.4, 0.5) is 10.7 Å². The highest BCUT2D eigenvalue weighted by Gasteiger charge is 2.30. The van der Waals surface area contributed by atoms with Crippen LogP contribution >= 0.6 is 27.3 Å². The minimum Gasteiger partial charge on any atom is -0.493 e. The van der Waals surface area contributed by atoms with Crippen LogP contribution < -0.4 is 19.5 Å². The predicted molar refractivity (Wildman–Crippen MR) is 183 cm³/mol. The number of benzene rings is 1. The first-order valence-electron chi connectivity index (χ1n) is 15.0. The maximum Gasteiger partial charge on any atom is 0.410 e. The molecule has 5 heterocycles. The van der Waals surface area contributed by atoms with Crippen LogP contribution in [-0.4, -0.2) is 70.5 Å². The van der Waals surface area contributed by atoms with Crippen LogP contribution in [0.15, 0.2) is 46.6 Å². The van der Waals surface area contributed by atoms with E-state index in [0.29, 0.717) is 42.8 Å². The molecule has 1 atom stereocenters. The lowest BCUT2D eigenvalue weighted by molar-refractivity contribution is 0.0174. The second-order valence-corrected chi connectivity index (χ2v) is 13.8. The number of thiophene rings is 1. The summed E-state index contributed by atoms with van der Waals surface area (Å²) in [6, 6.07) is 7.90. The van der Waals surface area contributed by atoms with Crippen molar-refractivity contribution in [2.75, 3.05) is 39.7 Å². The monoisotopic (exact) mass is 708 g/mol. The van der Waals surface area contributed by atoms with Gasteiger partial charge in [-0.25, -0.2) is 19.7 Å². The normalized spacial score (nSPS) is 15.3. The van der Waals surface area contributed by atoms with Gasteiger partial charge in [0.25, 0.3) is 0 Å². The molecule has 0 spiro atoms. The molecule has 1 fully saturated rings. The Morgan fingerprint density at radius 2 is 1.87 bits per heavy atom. The molecule has 6 rings (SSSR count). The zero-order valence-corrected chi connectivity index (χ0v) is 29.1. The number of amides is 1. The number of pyridine rings is 1. The number of piperidine rings is 1. The highest BCUT2D eigenvalue weighted by atomic mass is 79.9. The van der Waals surface area contributed by atoms with Crippen LogP contribution in [0.5, 0.6) is 17.2 Å². The number of fused-ring (bicyclic) bond motifs is 2. The Labute approximate surface area is 280 Å². The summed E-state index contributed by atoms with van der Waals surface area (Å²) in [5, 5.41) is 6.45. The molecular formula is C33H37BrN6O5S. The Kier molecular flexibility index (Phi) is 8.97. The molecule has 0 radical (unpaired) electrons. The third-order valence-electron chi connectivity index (χ3n) is 7.86. The largest absolute Gasteiger partial charge is 0.493 e. The summed E-state index contributed by atoms with van der Waals surface area (Å²) in [5.41, 5.74) is 3.99. The zero-order chi connectivity index (χ0) is 32.6. The molecule has 13 heteroatoms. The average Bonchev–Trinajstić information content (AvgIpc) is 3.67. The van der Waals surface area contributed by atoms with Gasteiger partial charge in [-0.2, -0.15) is 0 Å². The molecule has 46 heavy (non-hydrogen) atoms. The maximum atomic E-state index is 13.0. The van der Waals surface area contributed by atoms with Crippen LogP contribution in [0.3, 0.4) is 0 Å². The van der Waals surface area contributed by atoms with Crippen LogP contribution in [0.25, 0.3) is 32.4 Å². The summed E-state index contributed by atoms with van der Waals surface area (Å²) < 4.78 is 26.2. The van der Waals surface area contributed by atoms with E-state index < -0.39 is 5.60 Å². The molecular weight excluding hydrogens is 672 g/mol. The predicted octanol–water partition coefficient (Wildman–Crippen LogP) is 7.68. The number of nitrogens with zero attached hydrogens (tertiary/aromatic N) is 5. The minimum absolute atomic E-state index is 0.0544. The molecule has 4 aromatic heterocycles.